The molecule has 2 aliphatic rings. The van der Waals surface area contributed by atoms with E-state index < -0.39 is 0 Å². The minimum atomic E-state index is -0.0175. The van der Waals surface area contributed by atoms with Crippen molar-refractivity contribution in [2.75, 3.05) is 15.4 Å². The highest BCUT2D eigenvalue weighted by Crippen LogP contribution is 2.32. The van der Waals surface area contributed by atoms with E-state index in [9.17, 15) is 5.02 Å². The molecule has 0 atom stereocenters. The van der Waals surface area contributed by atoms with E-state index >= 15 is 0 Å². The molecule has 2 aliphatic heterocycles. The predicted molar refractivity (Wildman–Crippen MR) is 147 cm³/mol. The van der Waals surface area contributed by atoms with Gasteiger partial charge < -0.3 is 34.0 Å². The lowest BCUT2D eigenvalue weighted by Crippen LogP contribution is -2.60. The topological polar surface area (TPSA) is 119 Å². The van der Waals surface area contributed by atoms with Gasteiger partial charge in [-0.25, -0.2) is 0 Å². The number of nitrogens with zero attached hydrogens (tertiary/aromatic N) is 4. The summed E-state index contributed by atoms with van der Waals surface area (Å²) in [6, 6.07) is 0.366. The van der Waals surface area contributed by atoms with Gasteiger partial charge in [-0.15, -0.1) is 0 Å². The molecule has 188 valence electrons. The first kappa shape index (κ1) is 27.7. The third kappa shape index (κ3) is 7.81. The highest BCUT2D eigenvalue weighted by atomic mass is 127. The molecule has 13 heteroatoms. The van der Waals surface area contributed by atoms with Gasteiger partial charge in [0.2, 0.25) is 17.8 Å². The van der Waals surface area contributed by atoms with Crippen molar-refractivity contribution in [2.45, 2.75) is 115 Å². The van der Waals surface area contributed by atoms with E-state index in [-0.39, 0.29) is 40.2 Å². The summed E-state index contributed by atoms with van der Waals surface area (Å²) in [5.41, 5.74) is -0.0700. The summed E-state index contributed by atoms with van der Waals surface area (Å²) in [7, 11) is 2.20. The van der Waals surface area contributed by atoms with Crippen molar-refractivity contribution >= 4 is 56.1 Å². The molecule has 0 saturated carbocycles. The number of piperidine rings is 2. The highest BCUT2D eigenvalue weighted by molar-refractivity contribution is 14.1. The molecule has 2 fully saturated rings. The Hall–Kier alpha value is -0.890. The van der Waals surface area contributed by atoms with Crippen LogP contribution in [0.5, 0.6) is 0 Å². The SMILES string of the molecule is CC1(C)CC(Nc2nc(NC3CC(C)(C)NC(C)(C)C3)nc(N([B]O)[B]OI)n2)CC(C)(C)N1. The van der Waals surface area contributed by atoms with Gasteiger partial charge in [-0.3, -0.25) is 0 Å². The second kappa shape index (κ2) is 10.2. The summed E-state index contributed by atoms with van der Waals surface area (Å²) in [6.07, 6.45) is 3.71. The van der Waals surface area contributed by atoms with E-state index in [0.29, 0.717) is 11.9 Å². The average molecular weight is 584 g/mol. The van der Waals surface area contributed by atoms with Crippen molar-refractivity contribution in [3.8, 4) is 0 Å². The van der Waals surface area contributed by atoms with Crippen LogP contribution in [0.4, 0.5) is 17.8 Å². The summed E-state index contributed by atoms with van der Waals surface area (Å²) >= 11 is 1.73. The van der Waals surface area contributed by atoms with Gasteiger partial charge in [-0.1, -0.05) is 0 Å². The Morgan fingerprint density at radius 3 is 1.53 bits per heavy atom. The Kier molecular flexibility index (Phi) is 8.33. The van der Waals surface area contributed by atoms with Gasteiger partial charge in [-0.2, -0.15) is 15.0 Å². The van der Waals surface area contributed by atoms with Crippen molar-refractivity contribution in [1.82, 2.24) is 25.6 Å². The molecule has 0 spiro atoms. The Labute approximate surface area is 219 Å². The fourth-order valence-corrected chi connectivity index (χ4v) is 6.24. The molecule has 0 aromatic carbocycles. The van der Waals surface area contributed by atoms with E-state index in [1.807, 2.05) is 0 Å². The Bertz CT molecular complexity index is 768. The zero-order valence-electron chi connectivity index (χ0n) is 21.7. The first-order chi connectivity index (χ1) is 15.6. The second-order valence-corrected chi connectivity index (χ2v) is 12.8. The lowest BCUT2D eigenvalue weighted by Gasteiger charge is -2.47. The van der Waals surface area contributed by atoms with Crippen LogP contribution >= 0.6 is 23.0 Å². The maximum absolute atomic E-state index is 9.74. The summed E-state index contributed by atoms with van der Waals surface area (Å²) < 4.78 is 6.38. The molecule has 3 rings (SSSR count). The van der Waals surface area contributed by atoms with Crippen LogP contribution in [0.15, 0.2) is 0 Å². The maximum atomic E-state index is 9.74. The summed E-state index contributed by atoms with van der Waals surface area (Å²) in [6.45, 7) is 17.7. The Balaban J connectivity index is 1.88. The number of hydrogen-bond donors (Lipinski definition) is 5. The van der Waals surface area contributed by atoms with Crippen molar-refractivity contribution in [3.05, 3.63) is 0 Å². The molecular formula is C21H39B2IN8O2. The third-order valence-electron chi connectivity index (χ3n) is 6.18. The molecule has 0 amide bonds. The van der Waals surface area contributed by atoms with Crippen molar-refractivity contribution < 1.29 is 8.01 Å². The number of rotatable bonds is 8. The van der Waals surface area contributed by atoms with E-state index in [1.54, 1.807) is 23.0 Å². The molecular weight excluding hydrogens is 545 g/mol. The Morgan fingerprint density at radius 1 is 0.824 bits per heavy atom. The van der Waals surface area contributed by atoms with Gasteiger partial charge in [0, 0.05) is 34.2 Å². The van der Waals surface area contributed by atoms with Crippen LogP contribution in [0.1, 0.15) is 81.1 Å². The number of nitrogens with one attached hydrogen (secondary N) is 4. The van der Waals surface area contributed by atoms with Crippen LogP contribution in [-0.4, -0.2) is 69.4 Å². The zero-order chi connectivity index (χ0) is 25.4. The fourth-order valence-electron chi connectivity index (χ4n) is 5.99. The van der Waals surface area contributed by atoms with Crippen LogP contribution < -0.4 is 26.0 Å². The molecule has 0 bridgehead atoms. The van der Waals surface area contributed by atoms with Crippen molar-refractivity contribution in [3.63, 3.8) is 0 Å². The monoisotopic (exact) mass is 584 g/mol. The quantitative estimate of drug-likeness (QED) is 0.231. The van der Waals surface area contributed by atoms with Crippen LogP contribution in [0, 0.1) is 0 Å². The second-order valence-electron chi connectivity index (χ2n) is 12.3. The maximum Gasteiger partial charge on any atom is 0.439 e. The molecule has 34 heavy (non-hydrogen) atoms. The van der Waals surface area contributed by atoms with Gasteiger partial charge in [0.05, 0.1) is 23.0 Å². The minimum Gasteiger partial charge on any atom is -0.435 e. The normalized spacial score (nSPS) is 23.7. The number of anilines is 3. The highest BCUT2D eigenvalue weighted by Gasteiger charge is 2.39. The lowest BCUT2D eigenvalue weighted by atomic mass is 9.79. The summed E-state index contributed by atoms with van der Waals surface area (Å²) in [5, 5.41) is 24.2. The van der Waals surface area contributed by atoms with E-state index in [2.05, 4.69) is 86.6 Å². The molecule has 10 nitrogen and oxygen atoms in total. The summed E-state index contributed by atoms with van der Waals surface area (Å²) in [5.74, 6) is 1.19. The lowest BCUT2D eigenvalue weighted by molar-refractivity contribution is 0.170. The van der Waals surface area contributed by atoms with Gasteiger partial charge in [0.1, 0.15) is 0 Å². The first-order valence-electron chi connectivity index (χ1n) is 11.9. The largest absolute Gasteiger partial charge is 0.439 e. The predicted octanol–water partition coefficient (Wildman–Crippen LogP) is 2.55. The Morgan fingerprint density at radius 2 is 1.21 bits per heavy atom. The zero-order valence-corrected chi connectivity index (χ0v) is 23.8. The molecule has 0 aliphatic carbocycles. The van der Waals surface area contributed by atoms with E-state index in [1.165, 1.54) is 12.3 Å². The van der Waals surface area contributed by atoms with Crippen LogP contribution in [-0.2, 0) is 2.98 Å². The van der Waals surface area contributed by atoms with Gasteiger partial charge >= 0.3 is 15.2 Å². The van der Waals surface area contributed by atoms with Crippen LogP contribution in [0.3, 0.4) is 0 Å². The average Bonchev–Trinajstić information content (AvgIpc) is 2.60. The summed E-state index contributed by atoms with van der Waals surface area (Å²) in [4.78, 5) is 13.9. The molecule has 2 saturated heterocycles. The van der Waals surface area contributed by atoms with Crippen molar-refractivity contribution in [2.24, 2.45) is 0 Å². The fraction of sp³-hybridized carbons (Fsp3) is 0.857. The number of halogens is 1. The van der Waals surface area contributed by atoms with Crippen LogP contribution in [0.25, 0.3) is 0 Å². The molecule has 2 radical (unpaired) electrons. The van der Waals surface area contributed by atoms with Gasteiger partial charge in [0.25, 0.3) is 0 Å². The standard InChI is InChI=1S/C21H39B2IN8O2/c1-18(2)9-13(10-19(3,4)30-18)25-15-27-16(29-17(28-15)32(22-33)23-34-24)26-14-11-20(5,6)31-21(7,8)12-14/h13-14,30-31,33H,9-12H2,1-8H3,(H2,25,26,27,28,29). The molecule has 1 aromatic rings. The smallest absolute Gasteiger partial charge is 0.435 e. The molecule has 5 N–H and O–H groups in total. The van der Waals surface area contributed by atoms with Crippen LogP contribution in [0.2, 0.25) is 0 Å². The molecule has 1 aromatic heterocycles. The van der Waals surface area contributed by atoms with Gasteiger partial charge in [0.15, 0.2) is 0 Å². The minimum absolute atomic E-state index is 0.0175. The number of hydrogen-bond acceptors (Lipinski definition) is 10. The third-order valence-corrected chi connectivity index (χ3v) is 6.41. The van der Waals surface area contributed by atoms with Crippen molar-refractivity contribution in [1.29, 1.82) is 0 Å². The van der Waals surface area contributed by atoms with Gasteiger partial charge in [-0.05, 0) is 81.1 Å². The van der Waals surface area contributed by atoms with E-state index in [0.717, 1.165) is 33.3 Å². The first-order valence-corrected chi connectivity index (χ1v) is 12.7. The molecule has 0 unspecified atom stereocenters. The molecule has 3 heterocycles. The number of aromatic nitrogens is 3. The van der Waals surface area contributed by atoms with E-state index in [4.69, 9.17) is 7.97 Å².